The van der Waals surface area contributed by atoms with Crippen molar-refractivity contribution >= 4 is 34.8 Å². The van der Waals surface area contributed by atoms with Crippen LogP contribution in [0.2, 0.25) is 0 Å². The quantitative estimate of drug-likeness (QED) is 0.647. The van der Waals surface area contributed by atoms with Gasteiger partial charge in [0.25, 0.3) is 11.8 Å². The molecule has 24 heavy (non-hydrogen) atoms. The Bertz CT molecular complexity index is 846. The van der Waals surface area contributed by atoms with Crippen molar-refractivity contribution in [3.63, 3.8) is 0 Å². The number of amides is 2. The van der Waals surface area contributed by atoms with Gasteiger partial charge in [0.15, 0.2) is 0 Å². The van der Waals surface area contributed by atoms with Crippen LogP contribution in [0, 0.1) is 0 Å². The van der Waals surface area contributed by atoms with E-state index in [1.54, 1.807) is 30.0 Å². The zero-order valence-electron chi connectivity index (χ0n) is 13.3. The SMILES string of the molecule is COc1ccccc1C1=C(Nc2cccc(SC)c2)C(=O)NC1=O. The molecule has 0 spiro atoms. The van der Waals surface area contributed by atoms with E-state index in [9.17, 15) is 9.59 Å². The zero-order valence-corrected chi connectivity index (χ0v) is 14.1. The molecule has 0 saturated carbocycles. The normalized spacial score (nSPS) is 13.9. The van der Waals surface area contributed by atoms with Crippen molar-refractivity contribution in [2.45, 2.75) is 4.90 Å². The van der Waals surface area contributed by atoms with Crippen LogP contribution in [0.1, 0.15) is 5.56 Å². The molecule has 1 heterocycles. The second-order valence-corrected chi connectivity index (χ2v) is 5.97. The number of imide groups is 1. The summed E-state index contributed by atoms with van der Waals surface area (Å²) in [5.74, 6) is -0.349. The van der Waals surface area contributed by atoms with Crippen LogP contribution in [0.4, 0.5) is 5.69 Å². The van der Waals surface area contributed by atoms with E-state index in [4.69, 9.17) is 4.74 Å². The Morgan fingerprint density at radius 2 is 1.83 bits per heavy atom. The number of ether oxygens (including phenoxy) is 1. The minimum Gasteiger partial charge on any atom is -0.496 e. The van der Waals surface area contributed by atoms with Crippen molar-refractivity contribution < 1.29 is 14.3 Å². The van der Waals surface area contributed by atoms with Gasteiger partial charge in [-0.05, 0) is 30.5 Å². The van der Waals surface area contributed by atoms with Gasteiger partial charge in [0.05, 0.1) is 12.7 Å². The Labute approximate surface area is 144 Å². The number of para-hydroxylation sites is 1. The second kappa shape index (κ2) is 6.80. The average Bonchev–Trinajstić information content (AvgIpc) is 2.88. The molecule has 0 fully saturated rings. The van der Waals surface area contributed by atoms with Crippen LogP contribution in [0.25, 0.3) is 5.57 Å². The lowest BCUT2D eigenvalue weighted by Gasteiger charge is -2.11. The third-order valence-corrected chi connectivity index (χ3v) is 4.37. The molecule has 2 amide bonds. The Morgan fingerprint density at radius 3 is 2.58 bits per heavy atom. The standard InChI is InChI=1S/C18H16N2O3S/c1-23-14-9-4-3-8-13(14)15-16(18(22)20-17(15)21)19-11-6-5-7-12(10-11)24-2/h3-10H,1-2H3,(H2,19,20,21,22). The molecule has 3 rings (SSSR count). The van der Waals surface area contributed by atoms with Gasteiger partial charge < -0.3 is 10.1 Å². The summed E-state index contributed by atoms with van der Waals surface area (Å²) in [5.41, 5.74) is 1.83. The topological polar surface area (TPSA) is 67.4 Å². The lowest BCUT2D eigenvalue weighted by Crippen LogP contribution is -2.24. The van der Waals surface area contributed by atoms with Crippen LogP contribution in [0.15, 0.2) is 59.1 Å². The minimum atomic E-state index is -0.449. The molecule has 122 valence electrons. The van der Waals surface area contributed by atoms with Gasteiger partial charge >= 0.3 is 0 Å². The summed E-state index contributed by atoms with van der Waals surface area (Å²) in [6, 6.07) is 14.8. The number of carbonyl (C=O) groups is 2. The van der Waals surface area contributed by atoms with E-state index < -0.39 is 11.8 Å². The number of methoxy groups -OCH3 is 1. The number of benzene rings is 2. The lowest BCUT2D eigenvalue weighted by molar-refractivity contribution is -0.123. The van der Waals surface area contributed by atoms with Crippen LogP contribution in [0.3, 0.4) is 0 Å². The van der Waals surface area contributed by atoms with Gasteiger partial charge in [-0.15, -0.1) is 11.8 Å². The summed E-state index contributed by atoms with van der Waals surface area (Å²) in [7, 11) is 1.53. The smallest absolute Gasteiger partial charge is 0.275 e. The lowest BCUT2D eigenvalue weighted by atomic mass is 10.0. The van der Waals surface area contributed by atoms with Gasteiger partial charge in [0.1, 0.15) is 11.4 Å². The zero-order chi connectivity index (χ0) is 17.1. The number of carbonyl (C=O) groups excluding carboxylic acids is 2. The summed E-state index contributed by atoms with van der Waals surface area (Å²) in [6.45, 7) is 0. The largest absolute Gasteiger partial charge is 0.496 e. The maximum absolute atomic E-state index is 12.3. The fraction of sp³-hybridized carbons (Fsp3) is 0.111. The summed E-state index contributed by atoms with van der Waals surface area (Å²) < 4.78 is 5.32. The van der Waals surface area contributed by atoms with Crippen LogP contribution in [-0.4, -0.2) is 25.2 Å². The highest BCUT2D eigenvalue weighted by molar-refractivity contribution is 7.98. The van der Waals surface area contributed by atoms with Crippen LogP contribution < -0.4 is 15.4 Å². The van der Waals surface area contributed by atoms with E-state index in [-0.39, 0.29) is 11.3 Å². The number of rotatable bonds is 5. The molecule has 0 aliphatic carbocycles. The molecule has 6 heteroatoms. The molecule has 2 N–H and O–H groups in total. The number of hydrogen-bond acceptors (Lipinski definition) is 5. The third-order valence-electron chi connectivity index (χ3n) is 3.65. The molecule has 1 aliphatic heterocycles. The fourth-order valence-electron chi connectivity index (χ4n) is 2.53. The Morgan fingerprint density at radius 1 is 1.04 bits per heavy atom. The summed E-state index contributed by atoms with van der Waals surface area (Å²) in [4.78, 5) is 25.6. The fourth-order valence-corrected chi connectivity index (χ4v) is 2.99. The maximum atomic E-state index is 12.3. The maximum Gasteiger partial charge on any atom is 0.275 e. The molecule has 0 bridgehead atoms. The van der Waals surface area contributed by atoms with E-state index in [1.807, 2.05) is 36.6 Å². The van der Waals surface area contributed by atoms with Gasteiger partial charge in [-0.1, -0.05) is 24.3 Å². The number of anilines is 1. The third kappa shape index (κ3) is 3.00. The van der Waals surface area contributed by atoms with Crippen molar-refractivity contribution in [1.29, 1.82) is 0 Å². The Hall–Kier alpha value is -2.73. The molecule has 0 aromatic heterocycles. The first-order chi connectivity index (χ1) is 11.6. The predicted octanol–water partition coefficient (Wildman–Crippen LogP) is 2.90. The molecule has 2 aromatic carbocycles. The highest BCUT2D eigenvalue weighted by Crippen LogP contribution is 2.32. The summed E-state index contributed by atoms with van der Waals surface area (Å²) in [5, 5.41) is 5.41. The van der Waals surface area contributed by atoms with E-state index in [1.165, 1.54) is 7.11 Å². The van der Waals surface area contributed by atoms with Crippen molar-refractivity contribution in [2.24, 2.45) is 0 Å². The minimum absolute atomic E-state index is 0.225. The molecular weight excluding hydrogens is 324 g/mol. The van der Waals surface area contributed by atoms with E-state index in [0.717, 1.165) is 10.6 Å². The summed E-state index contributed by atoms with van der Waals surface area (Å²) >= 11 is 1.60. The number of nitrogens with one attached hydrogen (secondary N) is 2. The average molecular weight is 340 g/mol. The van der Waals surface area contributed by atoms with Crippen molar-refractivity contribution in [3.05, 3.63) is 59.8 Å². The van der Waals surface area contributed by atoms with Gasteiger partial charge in [-0.3, -0.25) is 14.9 Å². The van der Waals surface area contributed by atoms with E-state index in [2.05, 4.69) is 10.6 Å². The van der Waals surface area contributed by atoms with Gasteiger partial charge in [-0.2, -0.15) is 0 Å². The van der Waals surface area contributed by atoms with Gasteiger partial charge in [-0.25, -0.2) is 0 Å². The highest BCUT2D eigenvalue weighted by Gasteiger charge is 2.33. The first-order valence-electron chi connectivity index (χ1n) is 7.28. The molecular formula is C18H16N2O3S. The highest BCUT2D eigenvalue weighted by atomic mass is 32.2. The molecule has 5 nitrogen and oxygen atoms in total. The van der Waals surface area contributed by atoms with Crippen molar-refractivity contribution in [2.75, 3.05) is 18.7 Å². The number of thioether (sulfide) groups is 1. The van der Waals surface area contributed by atoms with Gasteiger partial charge in [0, 0.05) is 16.1 Å². The molecule has 0 saturated heterocycles. The van der Waals surface area contributed by atoms with E-state index >= 15 is 0 Å². The van der Waals surface area contributed by atoms with Gasteiger partial charge in [0.2, 0.25) is 0 Å². The second-order valence-electron chi connectivity index (χ2n) is 5.09. The van der Waals surface area contributed by atoms with Crippen LogP contribution in [0.5, 0.6) is 5.75 Å². The predicted molar refractivity (Wildman–Crippen MR) is 94.9 cm³/mol. The monoisotopic (exact) mass is 340 g/mol. The molecule has 1 aliphatic rings. The Kier molecular flexibility index (Phi) is 4.57. The number of hydrogen-bond donors (Lipinski definition) is 2. The summed E-state index contributed by atoms with van der Waals surface area (Å²) in [6.07, 6.45) is 1.98. The first-order valence-corrected chi connectivity index (χ1v) is 8.51. The van der Waals surface area contributed by atoms with Crippen LogP contribution >= 0.6 is 11.8 Å². The molecule has 2 aromatic rings. The molecule has 0 unspecified atom stereocenters. The van der Waals surface area contributed by atoms with E-state index in [0.29, 0.717) is 11.3 Å². The first kappa shape index (κ1) is 16.1. The molecule has 0 atom stereocenters. The molecule has 0 radical (unpaired) electrons. The van der Waals surface area contributed by atoms with Crippen molar-refractivity contribution in [3.8, 4) is 5.75 Å². The Balaban J connectivity index is 2.08. The van der Waals surface area contributed by atoms with Crippen molar-refractivity contribution in [1.82, 2.24) is 5.32 Å². The van der Waals surface area contributed by atoms with Crippen LogP contribution in [-0.2, 0) is 9.59 Å².